The third-order valence-electron chi connectivity index (χ3n) is 3.82. The molecule has 2 amide bonds. The second-order valence-electron chi connectivity index (χ2n) is 5.18. The van der Waals surface area contributed by atoms with E-state index >= 15 is 0 Å². The van der Waals surface area contributed by atoms with Crippen molar-refractivity contribution in [2.24, 2.45) is 0 Å². The number of methoxy groups -OCH3 is 2. The summed E-state index contributed by atoms with van der Waals surface area (Å²) in [6.07, 6.45) is 0.730. The predicted octanol–water partition coefficient (Wildman–Crippen LogP) is 1.54. The third kappa shape index (κ3) is 3.90. The van der Waals surface area contributed by atoms with Crippen molar-refractivity contribution in [3.63, 3.8) is 0 Å². The average Bonchev–Trinajstić information content (AvgIpc) is 2.80. The number of rotatable bonds is 3. The number of para-hydroxylation sites is 1. The van der Waals surface area contributed by atoms with E-state index in [-0.39, 0.29) is 12.0 Å². The van der Waals surface area contributed by atoms with Crippen LogP contribution in [0.3, 0.4) is 0 Å². The molecule has 1 aliphatic heterocycles. The molecule has 6 nitrogen and oxygen atoms in total. The van der Waals surface area contributed by atoms with Gasteiger partial charge in [-0.05, 0) is 12.5 Å². The minimum atomic E-state index is -0.334. The lowest BCUT2D eigenvalue weighted by molar-refractivity contribution is -0.130. The first-order chi connectivity index (χ1) is 10.7. The molecule has 2 rings (SSSR count). The number of carbonyl (C=O) groups is 2. The molecule has 1 aromatic rings. The van der Waals surface area contributed by atoms with Gasteiger partial charge in [0.2, 0.25) is 5.91 Å². The fourth-order valence-electron chi connectivity index (χ4n) is 2.60. The average molecular weight is 306 g/mol. The van der Waals surface area contributed by atoms with Gasteiger partial charge in [-0.15, -0.1) is 0 Å². The van der Waals surface area contributed by atoms with E-state index in [4.69, 9.17) is 9.47 Å². The maximum Gasteiger partial charge on any atom is 0.409 e. The van der Waals surface area contributed by atoms with E-state index in [9.17, 15) is 9.59 Å². The van der Waals surface area contributed by atoms with Gasteiger partial charge in [0.05, 0.1) is 20.6 Å². The maximum atomic E-state index is 12.5. The molecule has 120 valence electrons. The molecule has 1 heterocycles. The minimum absolute atomic E-state index is 0.0521. The standard InChI is InChI=1S/C16H22N2O4/c1-21-14-7-4-3-6-13(14)12-15(19)17-8-5-9-18(11-10-17)16(20)22-2/h3-4,6-7H,5,8-12H2,1-2H3. The summed E-state index contributed by atoms with van der Waals surface area (Å²) in [5, 5.41) is 0. The molecule has 1 aliphatic rings. The Balaban J connectivity index is 1.97. The van der Waals surface area contributed by atoms with Gasteiger partial charge in [-0.1, -0.05) is 18.2 Å². The zero-order chi connectivity index (χ0) is 15.9. The van der Waals surface area contributed by atoms with E-state index in [1.807, 2.05) is 24.3 Å². The van der Waals surface area contributed by atoms with Crippen LogP contribution >= 0.6 is 0 Å². The summed E-state index contributed by atoms with van der Waals surface area (Å²) < 4.78 is 10.0. The number of amides is 2. The Morgan fingerprint density at radius 3 is 2.45 bits per heavy atom. The molecule has 22 heavy (non-hydrogen) atoms. The highest BCUT2D eigenvalue weighted by molar-refractivity contribution is 5.79. The Morgan fingerprint density at radius 2 is 1.73 bits per heavy atom. The van der Waals surface area contributed by atoms with Crippen LogP contribution in [0.5, 0.6) is 5.75 Å². The SMILES string of the molecule is COC(=O)N1CCCN(C(=O)Cc2ccccc2OC)CC1. The van der Waals surface area contributed by atoms with Crippen molar-refractivity contribution in [3.05, 3.63) is 29.8 Å². The van der Waals surface area contributed by atoms with Crippen LogP contribution in [-0.2, 0) is 16.0 Å². The van der Waals surface area contributed by atoms with E-state index in [0.717, 1.165) is 17.7 Å². The van der Waals surface area contributed by atoms with Gasteiger partial charge in [0.1, 0.15) is 5.75 Å². The van der Waals surface area contributed by atoms with E-state index in [1.54, 1.807) is 16.9 Å². The first-order valence-corrected chi connectivity index (χ1v) is 7.38. The number of hydrogen-bond donors (Lipinski definition) is 0. The Bertz CT molecular complexity index is 533. The van der Waals surface area contributed by atoms with Gasteiger partial charge in [-0.25, -0.2) is 4.79 Å². The molecule has 0 atom stereocenters. The lowest BCUT2D eigenvalue weighted by atomic mass is 10.1. The number of nitrogens with zero attached hydrogens (tertiary/aromatic N) is 2. The van der Waals surface area contributed by atoms with Crippen molar-refractivity contribution in [2.45, 2.75) is 12.8 Å². The van der Waals surface area contributed by atoms with Gasteiger partial charge in [0.25, 0.3) is 0 Å². The van der Waals surface area contributed by atoms with E-state index < -0.39 is 0 Å². The maximum absolute atomic E-state index is 12.5. The van der Waals surface area contributed by atoms with Crippen LogP contribution in [0.25, 0.3) is 0 Å². The fourth-order valence-corrected chi connectivity index (χ4v) is 2.60. The number of ether oxygens (including phenoxy) is 2. The molecule has 1 fully saturated rings. The first kappa shape index (κ1) is 16.1. The van der Waals surface area contributed by atoms with Crippen LogP contribution in [0.15, 0.2) is 24.3 Å². The molecule has 6 heteroatoms. The van der Waals surface area contributed by atoms with Crippen molar-refractivity contribution >= 4 is 12.0 Å². The lowest BCUT2D eigenvalue weighted by Gasteiger charge is -2.21. The van der Waals surface area contributed by atoms with Crippen molar-refractivity contribution in [1.29, 1.82) is 0 Å². The van der Waals surface area contributed by atoms with Crippen LogP contribution in [0, 0.1) is 0 Å². The largest absolute Gasteiger partial charge is 0.496 e. The molecule has 0 unspecified atom stereocenters. The van der Waals surface area contributed by atoms with Gasteiger partial charge >= 0.3 is 6.09 Å². The monoisotopic (exact) mass is 306 g/mol. The minimum Gasteiger partial charge on any atom is -0.496 e. The highest BCUT2D eigenvalue weighted by atomic mass is 16.5. The Hall–Kier alpha value is -2.24. The summed E-state index contributed by atoms with van der Waals surface area (Å²) in [4.78, 5) is 27.5. The summed E-state index contributed by atoms with van der Waals surface area (Å²) in [7, 11) is 2.97. The first-order valence-electron chi connectivity index (χ1n) is 7.38. The molecular weight excluding hydrogens is 284 g/mol. The molecule has 0 aliphatic carbocycles. The Morgan fingerprint density at radius 1 is 1.05 bits per heavy atom. The highest BCUT2D eigenvalue weighted by Gasteiger charge is 2.22. The van der Waals surface area contributed by atoms with Crippen LogP contribution in [0.2, 0.25) is 0 Å². The molecule has 0 aromatic heterocycles. The smallest absolute Gasteiger partial charge is 0.409 e. The molecule has 0 spiro atoms. The van der Waals surface area contributed by atoms with E-state index in [1.165, 1.54) is 7.11 Å². The van der Waals surface area contributed by atoms with Crippen LogP contribution in [-0.4, -0.2) is 62.2 Å². The zero-order valence-corrected chi connectivity index (χ0v) is 13.1. The van der Waals surface area contributed by atoms with E-state index in [0.29, 0.717) is 32.6 Å². The lowest BCUT2D eigenvalue weighted by Crippen LogP contribution is -2.37. The molecule has 0 radical (unpaired) electrons. The normalized spacial score (nSPS) is 15.2. The van der Waals surface area contributed by atoms with Gasteiger partial charge in [-0.3, -0.25) is 4.79 Å². The molecular formula is C16H22N2O4. The zero-order valence-electron chi connectivity index (χ0n) is 13.1. The predicted molar refractivity (Wildman–Crippen MR) is 81.9 cm³/mol. The molecule has 1 aromatic carbocycles. The van der Waals surface area contributed by atoms with Crippen molar-refractivity contribution in [2.75, 3.05) is 40.4 Å². The topological polar surface area (TPSA) is 59.1 Å². The summed E-state index contributed by atoms with van der Waals surface area (Å²) in [6, 6.07) is 7.53. The fraction of sp³-hybridized carbons (Fsp3) is 0.500. The highest BCUT2D eigenvalue weighted by Crippen LogP contribution is 2.19. The Kier molecular flexibility index (Phi) is 5.63. The summed E-state index contributed by atoms with van der Waals surface area (Å²) in [5.74, 6) is 0.776. The van der Waals surface area contributed by atoms with Crippen LogP contribution < -0.4 is 4.74 Å². The quantitative estimate of drug-likeness (QED) is 0.850. The second kappa shape index (κ2) is 7.68. The van der Waals surface area contributed by atoms with Crippen LogP contribution in [0.4, 0.5) is 4.79 Å². The number of benzene rings is 1. The van der Waals surface area contributed by atoms with Crippen molar-refractivity contribution in [1.82, 2.24) is 9.80 Å². The third-order valence-corrected chi connectivity index (χ3v) is 3.82. The van der Waals surface area contributed by atoms with E-state index in [2.05, 4.69) is 0 Å². The molecule has 0 N–H and O–H groups in total. The van der Waals surface area contributed by atoms with Gasteiger partial charge in [-0.2, -0.15) is 0 Å². The Labute approximate surface area is 130 Å². The van der Waals surface area contributed by atoms with Gasteiger partial charge < -0.3 is 19.3 Å². The van der Waals surface area contributed by atoms with Crippen molar-refractivity contribution < 1.29 is 19.1 Å². The summed E-state index contributed by atoms with van der Waals surface area (Å²) in [5.41, 5.74) is 0.879. The van der Waals surface area contributed by atoms with Gasteiger partial charge in [0, 0.05) is 31.7 Å². The van der Waals surface area contributed by atoms with Crippen LogP contribution in [0.1, 0.15) is 12.0 Å². The molecule has 1 saturated heterocycles. The second-order valence-corrected chi connectivity index (χ2v) is 5.18. The molecule has 0 bridgehead atoms. The number of carbonyl (C=O) groups excluding carboxylic acids is 2. The molecule has 0 saturated carbocycles. The number of hydrogen-bond acceptors (Lipinski definition) is 4. The van der Waals surface area contributed by atoms with Gasteiger partial charge in [0.15, 0.2) is 0 Å². The van der Waals surface area contributed by atoms with Crippen molar-refractivity contribution in [3.8, 4) is 5.75 Å². The summed E-state index contributed by atoms with van der Waals surface area (Å²) >= 11 is 0. The summed E-state index contributed by atoms with van der Waals surface area (Å²) in [6.45, 7) is 2.31.